The van der Waals surface area contributed by atoms with Gasteiger partial charge in [0, 0.05) is 30.6 Å². The molecule has 1 aromatic carbocycles. The summed E-state index contributed by atoms with van der Waals surface area (Å²) in [5.41, 5.74) is 4.61. The minimum atomic E-state index is 0.102. The fraction of sp³-hybridized carbons (Fsp3) is 0.500. The molecule has 2 N–H and O–H groups in total. The van der Waals surface area contributed by atoms with E-state index in [1.807, 2.05) is 6.92 Å². The van der Waals surface area contributed by atoms with Crippen molar-refractivity contribution in [1.29, 1.82) is 0 Å². The van der Waals surface area contributed by atoms with Gasteiger partial charge in [-0.15, -0.1) is 0 Å². The molecule has 0 unspecified atom stereocenters. The Morgan fingerprint density at radius 3 is 2.94 bits per heavy atom. The number of hydrogen-bond acceptors (Lipinski definition) is 2. The molecular weight excluding hydrogens is 212 g/mol. The lowest BCUT2D eigenvalue weighted by Crippen LogP contribution is -2.44. The van der Waals surface area contributed by atoms with Crippen LogP contribution in [0.2, 0.25) is 0 Å². The molecule has 1 saturated heterocycles. The molecule has 3 nitrogen and oxygen atoms in total. The third kappa shape index (κ3) is 1.57. The van der Waals surface area contributed by atoms with Gasteiger partial charge in [0.05, 0.1) is 0 Å². The molecule has 0 bridgehead atoms. The molecule has 1 aromatic rings. The van der Waals surface area contributed by atoms with E-state index in [4.69, 9.17) is 0 Å². The molecule has 2 aliphatic heterocycles. The van der Waals surface area contributed by atoms with Gasteiger partial charge >= 0.3 is 0 Å². The average Bonchev–Trinajstić information content (AvgIpc) is 2.76. The summed E-state index contributed by atoms with van der Waals surface area (Å²) in [6, 6.07) is 4.65. The van der Waals surface area contributed by atoms with Crippen LogP contribution in [0.15, 0.2) is 12.1 Å². The zero-order valence-corrected chi connectivity index (χ0v) is 10.3. The number of hydrogen-bond donors (Lipinski definition) is 2. The van der Waals surface area contributed by atoms with E-state index in [9.17, 15) is 4.79 Å². The first-order valence-corrected chi connectivity index (χ1v) is 6.35. The predicted octanol–water partition coefficient (Wildman–Crippen LogP) is 1.36. The van der Waals surface area contributed by atoms with Crippen LogP contribution in [-0.2, 0) is 6.42 Å². The van der Waals surface area contributed by atoms with Crippen molar-refractivity contribution in [3.8, 4) is 0 Å². The Bertz CT molecular complexity index is 481. The smallest absolute Gasteiger partial charge is 0.252 e. The molecule has 1 amide bonds. The number of aryl methyl sites for hydroxylation is 2. The Morgan fingerprint density at radius 1 is 1.35 bits per heavy atom. The van der Waals surface area contributed by atoms with Gasteiger partial charge in [-0.3, -0.25) is 4.79 Å². The average molecular weight is 230 g/mol. The second-order valence-electron chi connectivity index (χ2n) is 5.08. The van der Waals surface area contributed by atoms with Gasteiger partial charge in [0.1, 0.15) is 0 Å². The minimum absolute atomic E-state index is 0.102. The van der Waals surface area contributed by atoms with Crippen molar-refractivity contribution in [2.75, 3.05) is 13.1 Å². The van der Waals surface area contributed by atoms with E-state index in [-0.39, 0.29) is 11.9 Å². The standard InChI is InChI=1S/C14H18N2O/c1-3-9-4-8(2)13-10(5-9)11-6-15-7-12(11)16-14(13)17/h4-5,11-12,15H,3,6-7H2,1-2H3,(H,16,17)/t11-,12+/m1/s1. The van der Waals surface area contributed by atoms with Crippen LogP contribution in [0.1, 0.15) is 39.9 Å². The molecule has 0 saturated carbocycles. The fourth-order valence-corrected chi connectivity index (χ4v) is 3.10. The highest BCUT2D eigenvalue weighted by molar-refractivity contribution is 5.99. The molecule has 0 spiro atoms. The van der Waals surface area contributed by atoms with Gasteiger partial charge < -0.3 is 10.6 Å². The molecule has 3 heteroatoms. The lowest BCUT2D eigenvalue weighted by molar-refractivity contribution is 0.0923. The Morgan fingerprint density at radius 2 is 2.18 bits per heavy atom. The van der Waals surface area contributed by atoms with Gasteiger partial charge in [-0.25, -0.2) is 0 Å². The van der Waals surface area contributed by atoms with Crippen LogP contribution in [0.4, 0.5) is 0 Å². The van der Waals surface area contributed by atoms with Crippen molar-refractivity contribution < 1.29 is 4.79 Å². The summed E-state index contributed by atoms with van der Waals surface area (Å²) in [7, 11) is 0. The molecule has 2 atom stereocenters. The zero-order chi connectivity index (χ0) is 12.0. The van der Waals surface area contributed by atoms with Crippen LogP contribution in [0.25, 0.3) is 0 Å². The summed E-state index contributed by atoms with van der Waals surface area (Å²) in [5, 5.41) is 6.48. The van der Waals surface area contributed by atoms with Crippen LogP contribution in [-0.4, -0.2) is 25.0 Å². The first-order chi connectivity index (χ1) is 8.20. The second kappa shape index (κ2) is 3.84. The van der Waals surface area contributed by atoms with Crippen molar-refractivity contribution in [3.05, 3.63) is 34.4 Å². The summed E-state index contributed by atoms with van der Waals surface area (Å²) >= 11 is 0. The Hall–Kier alpha value is -1.35. The van der Waals surface area contributed by atoms with Gasteiger partial charge in [0.15, 0.2) is 0 Å². The van der Waals surface area contributed by atoms with Gasteiger partial charge in [0.25, 0.3) is 5.91 Å². The highest BCUT2D eigenvalue weighted by atomic mass is 16.1. The van der Waals surface area contributed by atoms with Gasteiger partial charge in [-0.2, -0.15) is 0 Å². The van der Waals surface area contributed by atoms with Crippen LogP contribution in [0, 0.1) is 6.92 Å². The number of carbonyl (C=O) groups excluding carboxylic acids is 1. The SMILES string of the molecule is CCc1cc(C)c2c(c1)[C@H]1CNC[C@@H]1NC2=O. The second-order valence-corrected chi connectivity index (χ2v) is 5.08. The normalized spacial score (nSPS) is 26.4. The van der Waals surface area contributed by atoms with Crippen LogP contribution in [0.5, 0.6) is 0 Å². The maximum atomic E-state index is 12.1. The molecule has 2 aliphatic rings. The summed E-state index contributed by atoms with van der Waals surface area (Å²) in [6.45, 7) is 6.07. The van der Waals surface area contributed by atoms with E-state index >= 15 is 0 Å². The minimum Gasteiger partial charge on any atom is -0.347 e. The molecule has 90 valence electrons. The third-order valence-electron chi connectivity index (χ3n) is 3.99. The van der Waals surface area contributed by atoms with Gasteiger partial charge in [-0.05, 0) is 30.0 Å². The van der Waals surface area contributed by atoms with E-state index < -0.39 is 0 Å². The number of benzene rings is 1. The van der Waals surface area contributed by atoms with Crippen LogP contribution >= 0.6 is 0 Å². The van der Waals surface area contributed by atoms with Crippen molar-refractivity contribution in [3.63, 3.8) is 0 Å². The summed E-state index contributed by atoms with van der Waals surface area (Å²) in [4.78, 5) is 12.1. The monoisotopic (exact) mass is 230 g/mol. The lowest BCUT2D eigenvalue weighted by Gasteiger charge is -2.29. The highest BCUT2D eigenvalue weighted by Crippen LogP contribution is 2.33. The molecule has 17 heavy (non-hydrogen) atoms. The molecule has 0 aliphatic carbocycles. The zero-order valence-electron chi connectivity index (χ0n) is 10.3. The maximum absolute atomic E-state index is 12.1. The molecule has 3 rings (SSSR count). The number of amides is 1. The topological polar surface area (TPSA) is 41.1 Å². The van der Waals surface area contributed by atoms with E-state index in [1.165, 1.54) is 11.1 Å². The lowest BCUT2D eigenvalue weighted by atomic mass is 9.83. The molecule has 2 heterocycles. The summed E-state index contributed by atoms with van der Waals surface area (Å²) < 4.78 is 0. The van der Waals surface area contributed by atoms with Crippen molar-refractivity contribution >= 4 is 5.91 Å². The van der Waals surface area contributed by atoms with Crippen LogP contribution < -0.4 is 10.6 Å². The first-order valence-electron chi connectivity index (χ1n) is 6.35. The summed E-state index contributed by atoms with van der Waals surface area (Å²) in [5.74, 6) is 0.554. The van der Waals surface area contributed by atoms with Gasteiger partial charge in [-0.1, -0.05) is 19.1 Å². The van der Waals surface area contributed by atoms with E-state index in [2.05, 4.69) is 29.7 Å². The first kappa shape index (κ1) is 10.8. The Balaban J connectivity index is 2.17. The fourth-order valence-electron chi connectivity index (χ4n) is 3.10. The van der Waals surface area contributed by atoms with Crippen molar-refractivity contribution in [2.45, 2.75) is 32.2 Å². The molecule has 0 aromatic heterocycles. The van der Waals surface area contributed by atoms with Crippen molar-refractivity contribution in [1.82, 2.24) is 10.6 Å². The summed E-state index contributed by atoms with van der Waals surface area (Å²) in [6.07, 6.45) is 1.03. The van der Waals surface area contributed by atoms with E-state index in [1.54, 1.807) is 0 Å². The third-order valence-corrected chi connectivity index (χ3v) is 3.99. The largest absolute Gasteiger partial charge is 0.347 e. The van der Waals surface area contributed by atoms with E-state index in [0.29, 0.717) is 5.92 Å². The van der Waals surface area contributed by atoms with E-state index in [0.717, 1.165) is 30.6 Å². The number of rotatable bonds is 1. The van der Waals surface area contributed by atoms with Gasteiger partial charge in [0.2, 0.25) is 0 Å². The Kier molecular flexibility index (Phi) is 2.44. The number of carbonyl (C=O) groups is 1. The quantitative estimate of drug-likeness (QED) is 0.764. The predicted molar refractivity (Wildman–Crippen MR) is 67.4 cm³/mol. The number of fused-ring (bicyclic) bond motifs is 3. The maximum Gasteiger partial charge on any atom is 0.252 e. The molecular formula is C14H18N2O. The highest BCUT2D eigenvalue weighted by Gasteiger charge is 2.37. The number of nitrogens with one attached hydrogen (secondary N) is 2. The Labute approximate surface area is 102 Å². The van der Waals surface area contributed by atoms with Crippen LogP contribution in [0.3, 0.4) is 0 Å². The molecule has 0 radical (unpaired) electrons. The molecule has 1 fully saturated rings. The van der Waals surface area contributed by atoms with Crippen molar-refractivity contribution in [2.24, 2.45) is 0 Å².